The number of hydrogen-bond donors (Lipinski definition) is 3. The quantitative estimate of drug-likeness (QED) is 0.298. The van der Waals surface area contributed by atoms with Gasteiger partial charge < -0.3 is 30.1 Å². The van der Waals surface area contributed by atoms with Crippen LogP contribution in [0.3, 0.4) is 0 Å². The molecule has 3 heterocycles. The van der Waals surface area contributed by atoms with Crippen LogP contribution >= 0.6 is 11.3 Å². The number of fused-ring (bicyclic) bond motifs is 3. The fourth-order valence-electron chi connectivity index (χ4n) is 6.61. The second-order valence-corrected chi connectivity index (χ2v) is 13.8. The molecule has 0 bridgehead atoms. The highest BCUT2D eigenvalue weighted by molar-refractivity contribution is 7.14. The molecule has 6 rings (SSSR count). The zero-order valence-corrected chi connectivity index (χ0v) is 27.4. The number of carboxylic acid groups (broad SMARTS) is 1. The summed E-state index contributed by atoms with van der Waals surface area (Å²) in [6.07, 6.45) is 6.92. The summed E-state index contributed by atoms with van der Waals surface area (Å²) >= 11 is 1.50. The Hall–Kier alpha value is -4.19. The first-order chi connectivity index (χ1) is 22.1. The highest BCUT2D eigenvalue weighted by atomic mass is 32.1. The second kappa shape index (κ2) is 12.9. The molecule has 2 aliphatic carbocycles. The van der Waals surface area contributed by atoms with Crippen LogP contribution in [0.15, 0.2) is 41.8 Å². The number of rotatable bonds is 7. The van der Waals surface area contributed by atoms with Crippen LogP contribution in [0.1, 0.15) is 52.4 Å². The number of allylic oxidation sites excluding steroid dienone is 1. The minimum absolute atomic E-state index is 0.117. The lowest BCUT2D eigenvalue weighted by atomic mass is 9.93. The van der Waals surface area contributed by atoms with Crippen LogP contribution in [-0.2, 0) is 14.4 Å². The van der Waals surface area contributed by atoms with Crippen LogP contribution in [0.4, 0.5) is 5.13 Å². The lowest BCUT2D eigenvalue weighted by Crippen LogP contribution is -2.49. The van der Waals surface area contributed by atoms with Crippen molar-refractivity contribution in [1.82, 2.24) is 20.2 Å². The van der Waals surface area contributed by atoms with Gasteiger partial charge in [-0.2, -0.15) is 0 Å². The van der Waals surface area contributed by atoms with Gasteiger partial charge >= 0.3 is 5.97 Å². The Bertz CT molecular complexity index is 1670. The number of thiazole rings is 1. The molecule has 0 spiro atoms. The molecule has 0 radical (unpaired) electrons. The molecule has 2 fully saturated rings. The SMILES string of the molecule is COc1ccc2c(OC3CC4C(=O)NC5(C(=O)O)CC5C=CCCCCN(C)C(=O)C4C3)cc(-c3csc(NC(C)C)n3)nc2c1. The number of carboxylic acids is 1. The molecule has 0 saturated heterocycles. The summed E-state index contributed by atoms with van der Waals surface area (Å²) in [6.45, 7) is 4.69. The first-order valence-corrected chi connectivity index (χ1v) is 16.8. The molecule has 1 aliphatic heterocycles. The Kier molecular flexibility index (Phi) is 8.91. The number of ether oxygens (including phenoxy) is 2. The standard InChI is InChI=1S/C34H41N5O6S/c1-19(2)35-33-37-28(18-46-33)27-16-29(23-11-10-21(44-4)15-26(23)36-27)45-22-13-24-25(14-22)31(41)39(3)12-8-6-5-7-9-20-17-34(20,32(42)43)38-30(24)40/h7,9-11,15-16,18-20,22,24-25H,5-6,8,12-14,17H2,1-4H3,(H,35,37)(H,38,40)(H,42,43). The normalized spacial score (nSPS) is 26.7. The molecule has 3 aliphatic rings. The fraction of sp³-hybridized carbons (Fsp3) is 0.500. The lowest BCUT2D eigenvalue weighted by Gasteiger charge is -2.26. The van der Waals surface area contributed by atoms with Crippen molar-refractivity contribution in [2.45, 2.75) is 70.1 Å². The number of aromatic nitrogens is 2. The zero-order valence-electron chi connectivity index (χ0n) is 26.6. The minimum Gasteiger partial charge on any atom is -0.497 e. The van der Waals surface area contributed by atoms with E-state index in [1.807, 2.05) is 41.8 Å². The average Bonchev–Trinajstić information content (AvgIpc) is 3.31. The topological polar surface area (TPSA) is 143 Å². The third-order valence-electron chi connectivity index (χ3n) is 9.23. The van der Waals surface area contributed by atoms with Crippen molar-refractivity contribution in [3.63, 3.8) is 0 Å². The summed E-state index contributed by atoms with van der Waals surface area (Å²) in [6, 6.07) is 7.66. The number of anilines is 1. The first-order valence-electron chi connectivity index (χ1n) is 15.9. The van der Waals surface area contributed by atoms with Gasteiger partial charge in [-0.1, -0.05) is 12.2 Å². The number of aliphatic carboxylic acids is 1. The highest BCUT2D eigenvalue weighted by Crippen LogP contribution is 2.47. The number of nitrogens with one attached hydrogen (secondary N) is 2. The number of pyridine rings is 1. The Balaban J connectivity index is 1.32. The van der Waals surface area contributed by atoms with Gasteiger partial charge in [0, 0.05) is 48.5 Å². The predicted octanol–water partition coefficient (Wildman–Crippen LogP) is 5.12. The van der Waals surface area contributed by atoms with Gasteiger partial charge in [-0.25, -0.2) is 14.8 Å². The maximum absolute atomic E-state index is 13.8. The van der Waals surface area contributed by atoms with Gasteiger partial charge in [0.1, 0.15) is 28.8 Å². The van der Waals surface area contributed by atoms with E-state index in [0.717, 1.165) is 29.8 Å². The van der Waals surface area contributed by atoms with Crippen LogP contribution in [0.2, 0.25) is 0 Å². The number of carbonyl (C=O) groups is 3. The number of hydrogen-bond acceptors (Lipinski definition) is 9. The summed E-state index contributed by atoms with van der Waals surface area (Å²) in [7, 11) is 3.37. The van der Waals surface area contributed by atoms with Crippen molar-refractivity contribution >= 4 is 45.2 Å². The van der Waals surface area contributed by atoms with Crippen molar-refractivity contribution < 1.29 is 29.0 Å². The number of carbonyl (C=O) groups excluding carboxylic acids is 2. The maximum Gasteiger partial charge on any atom is 0.330 e. The molecule has 5 unspecified atom stereocenters. The van der Waals surface area contributed by atoms with Gasteiger partial charge in [0.05, 0.1) is 30.2 Å². The Labute approximate surface area is 272 Å². The Morgan fingerprint density at radius 2 is 1.96 bits per heavy atom. The number of benzene rings is 1. The van der Waals surface area contributed by atoms with E-state index in [-0.39, 0.29) is 24.3 Å². The van der Waals surface area contributed by atoms with Crippen molar-refractivity contribution in [2.24, 2.45) is 17.8 Å². The van der Waals surface area contributed by atoms with Gasteiger partial charge in [0.15, 0.2) is 5.13 Å². The van der Waals surface area contributed by atoms with Crippen molar-refractivity contribution in [1.29, 1.82) is 0 Å². The highest BCUT2D eigenvalue weighted by Gasteiger charge is 2.61. The first kappa shape index (κ1) is 31.8. The summed E-state index contributed by atoms with van der Waals surface area (Å²) in [5, 5.41) is 19.8. The number of amides is 2. The van der Waals surface area contributed by atoms with Gasteiger partial charge in [0.25, 0.3) is 0 Å². The number of methoxy groups -OCH3 is 1. The molecule has 1 aromatic carbocycles. The van der Waals surface area contributed by atoms with Gasteiger partial charge in [-0.3, -0.25) is 9.59 Å². The molecular weight excluding hydrogens is 606 g/mol. The molecule has 3 aromatic rings. The third kappa shape index (κ3) is 6.40. The summed E-state index contributed by atoms with van der Waals surface area (Å²) < 4.78 is 12.1. The smallest absolute Gasteiger partial charge is 0.330 e. The number of nitrogens with zero attached hydrogens (tertiary/aromatic N) is 3. The summed E-state index contributed by atoms with van der Waals surface area (Å²) in [5.41, 5.74) is 0.664. The summed E-state index contributed by atoms with van der Waals surface area (Å²) in [4.78, 5) is 51.2. The van der Waals surface area contributed by atoms with E-state index >= 15 is 0 Å². The lowest BCUT2D eigenvalue weighted by molar-refractivity contribution is -0.145. The minimum atomic E-state index is -1.33. The maximum atomic E-state index is 13.8. The van der Waals surface area contributed by atoms with Crippen LogP contribution in [-0.4, -0.2) is 76.1 Å². The second-order valence-electron chi connectivity index (χ2n) is 12.9. The molecular formula is C34H41N5O6S. The van der Waals surface area contributed by atoms with Gasteiger partial charge in [-0.05, 0) is 64.5 Å². The van der Waals surface area contributed by atoms with Gasteiger partial charge in [0.2, 0.25) is 11.8 Å². The van der Waals surface area contributed by atoms with E-state index in [1.165, 1.54) is 11.3 Å². The summed E-state index contributed by atoms with van der Waals surface area (Å²) in [5.74, 6) is -1.97. The molecule has 12 heteroatoms. The molecule has 2 saturated carbocycles. The van der Waals surface area contributed by atoms with Crippen LogP contribution in [0.5, 0.6) is 11.5 Å². The largest absolute Gasteiger partial charge is 0.497 e. The van der Waals surface area contributed by atoms with Crippen molar-refractivity contribution in [3.05, 3.63) is 41.8 Å². The van der Waals surface area contributed by atoms with Crippen LogP contribution < -0.4 is 20.1 Å². The van der Waals surface area contributed by atoms with Gasteiger partial charge in [-0.15, -0.1) is 11.3 Å². The third-order valence-corrected chi connectivity index (χ3v) is 10.00. The van der Waals surface area contributed by atoms with E-state index in [1.54, 1.807) is 19.1 Å². The molecule has 5 atom stereocenters. The van der Waals surface area contributed by atoms with E-state index in [4.69, 9.17) is 19.4 Å². The molecule has 11 nitrogen and oxygen atoms in total. The average molecular weight is 648 g/mol. The monoisotopic (exact) mass is 647 g/mol. The fourth-order valence-corrected chi connectivity index (χ4v) is 7.46. The molecule has 3 N–H and O–H groups in total. The molecule has 2 aromatic heterocycles. The molecule has 2 amide bonds. The van der Waals surface area contributed by atoms with Crippen LogP contribution in [0.25, 0.3) is 22.3 Å². The van der Waals surface area contributed by atoms with E-state index in [0.29, 0.717) is 47.8 Å². The Morgan fingerprint density at radius 3 is 2.72 bits per heavy atom. The van der Waals surface area contributed by atoms with Crippen molar-refractivity contribution in [3.8, 4) is 22.9 Å². The van der Waals surface area contributed by atoms with Crippen molar-refractivity contribution in [2.75, 3.05) is 26.0 Å². The van der Waals surface area contributed by atoms with E-state index < -0.39 is 35.4 Å². The van der Waals surface area contributed by atoms with Crippen LogP contribution in [0, 0.1) is 17.8 Å². The predicted molar refractivity (Wildman–Crippen MR) is 176 cm³/mol. The zero-order chi connectivity index (χ0) is 32.6. The Morgan fingerprint density at radius 1 is 1.15 bits per heavy atom. The van der Waals surface area contributed by atoms with E-state index in [9.17, 15) is 19.5 Å². The molecule has 46 heavy (non-hydrogen) atoms. The molecule has 244 valence electrons. The van der Waals surface area contributed by atoms with E-state index in [2.05, 4.69) is 24.5 Å².